The molecule has 1 aliphatic rings. The van der Waals surface area contributed by atoms with Crippen molar-refractivity contribution in [2.45, 2.75) is 51.1 Å². The molecule has 0 heterocycles. The van der Waals surface area contributed by atoms with Crippen LogP contribution in [0.4, 0.5) is 11.4 Å². The Morgan fingerprint density at radius 3 is 2.43 bits per heavy atom. The molecule has 1 fully saturated rings. The van der Waals surface area contributed by atoms with E-state index in [1.165, 1.54) is 38.2 Å². The fourth-order valence-corrected chi connectivity index (χ4v) is 3.91. The Kier molecular flexibility index (Phi) is 6.76. The van der Waals surface area contributed by atoms with Crippen molar-refractivity contribution in [2.75, 3.05) is 12.4 Å². The molecule has 1 amide bonds. The maximum absolute atomic E-state index is 12.5. The first-order valence-electron chi connectivity index (χ1n) is 9.85. The monoisotopic (exact) mass is 381 g/mol. The highest BCUT2D eigenvalue weighted by atomic mass is 16.6. The van der Waals surface area contributed by atoms with Crippen molar-refractivity contribution >= 4 is 17.3 Å². The molecule has 2 aromatic rings. The van der Waals surface area contributed by atoms with Crippen LogP contribution in [0.2, 0.25) is 0 Å². The third-order valence-corrected chi connectivity index (χ3v) is 5.45. The first-order valence-corrected chi connectivity index (χ1v) is 9.85. The van der Waals surface area contributed by atoms with E-state index in [1.807, 2.05) is 24.3 Å². The summed E-state index contributed by atoms with van der Waals surface area (Å²) in [5, 5.41) is 14.1. The summed E-state index contributed by atoms with van der Waals surface area (Å²) in [7, 11) is 2.14. The predicted molar refractivity (Wildman–Crippen MR) is 110 cm³/mol. The van der Waals surface area contributed by atoms with E-state index in [9.17, 15) is 14.9 Å². The molecular formula is C22H27N3O3. The quantitative estimate of drug-likeness (QED) is 0.564. The van der Waals surface area contributed by atoms with Crippen molar-refractivity contribution in [3.8, 4) is 0 Å². The molecule has 0 radical (unpaired) electrons. The maximum Gasteiger partial charge on any atom is 0.273 e. The number of nitro benzene ring substituents is 1. The van der Waals surface area contributed by atoms with Crippen molar-refractivity contribution < 1.29 is 9.72 Å². The Labute approximate surface area is 165 Å². The van der Waals surface area contributed by atoms with Crippen LogP contribution in [0.5, 0.6) is 0 Å². The lowest BCUT2D eigenvalue weighted by Crippen LogP contribution is -2.33. The molecule has 0 unspecified atom stereocenters. The maximum atomic E-state index is 12.5. The molecule has 3 rings (SSSR count). The third-order valence-electron chi connectivity index (χ3n) is 5.45. The Balaban J connectivity index is 1.67. The van der Waals surface area contributed by atoms with Gasteiger partial charge in [-0.3, -0.25) is 19.8 Å². The van der Waals surface area contributed by atoms with Crippen LogP contribution in [0.25, 0.3) is 0 Å². The zero-order valence-electron chi connectivity index (χ0n) is 16.3. The Bertz CT molecular complexity index is 831. The minimum atomic E-state index is -0.449. The van der Waals surface area contributed by atoms with Crippen LogP contribution in [0.1, 0.15) is 43.2 Å². The van der Waals surface area contributed by atoms with E-state index >= 15 is 0 Å². The summed E-state index contributed by atoms with van der Waals surface area (Å²) in [6.45, 7) is 0.770. The number of rotatable bonds is 7. The van der Waals surface area contributed by atoms with Gasteiger partial charge in [-0.2, -0.15) is 0 Å². The Morgan fingerprint density at radius 2 is 1.71 bits per heavy atom. The number of anilines is 1. The molecule has 1 saturated carbocycles. The number of hydrogen-bond donors (Lipinski definition) is 1. The molecule has 0 bridgehead atoms. The van der Waals surface area contributed by atoms with Crippen LogP contribution >= 0.6 is 0 Å². The van der Waals surface area contributed by atoms with Gasteiger partial charge in [0.05, 0.1) is 11.3 Å². The predicted octanol–water partition coefficient (Wildman–Crippen LogP) is 4.54. The van der Waals surface area contributed by atoms with E-state index in [1.54, 1.807) is 18.2 Å². The van der Waals surface area contributed by atoms with Crippen LogP contribution in [0, 0.1) is 10.1 Å². The van der Waals surface area contributed by atoms with Gasteiger partial charge in [0.25, 0.3) is 5.69 Å². The van der Waals surface area contributed by atoms with Crippen molar-refractivity contribution in [2.24, 2.45) is 0 Å². The molecule has 6 nitrogen and oxygen atoms in total. The topological polar surface area (TPSA) is 75.5 Å². The second-order valence-corrected chi connectivity index (χ2v) is 7.47. The van der Waals surface area contributed by atoms with Crippen LogP contribution in [-0.2, 0) is 17.8 Å². The summed E-state index contributed by atoms with van der Waals surface area (Å²) in [5.41, 5.74) is 2.23. The summed E-state index contributed by atoms with van der Waals surface area (Å²) >= 11 is 0. The fraction of sp³-hybridized carbons (Fsp3) is 0.409. The van der Waals surface area contributed by atoms with Crippen molar-refractivity contribution in [3.63, 3.8) is 0 Å². The molecule has 0 atom stereocenters. The molecule has 148 valence electrons. The van der Waals surface area contributed by atoms with Gasteiger partial charge >= 0.3 is 0 Å². The molecule has 2 aromatic carbocycles. The highest BCUT2D eigenvalue weighted by Gasteiger charge is 2.20. The second-order valence-electron chi connectivity index (χ2n) is 7.47. The molecule has 0 spiro atoms. The van der Waals surface area contributed by atoms with Gasteiger partial charge in [0.1, 0.15) is 0 Å². The number of hydrogen-bond acceptors (Lipinski definition) is 4. The molecule has 0 aliphatic heterocycles. The number of nitro groups is 1. The van der Waals surface area contributed by atoms with Gasteiger partial charge in [-0.1, -0.05) is 55.7 Å². The van der Waals surface area contributed by atoms with E-state index in [-0.39, 0.29) is 18.0 Å². The number of amides is 1. The third kappa shape index (κ3) is 5.16. The average molecular weight is 381 g/mol. The molecule has 1 aliphatic carbocycles. The Morgan fingerprint density at radius 1 is 1.07 bits per heavy atom. The van der Waals surface area contributed by atoms with E-state index in [0.717, 1.165) is 17.8 Å². The van der Waals surface area contributed by atoms with Crippen molar-refractivity contribution in [1.29, 1.82) is 0 Å². The smallest absolute Gasteiger partial charge is 0.273 e. The summed E-state index contributed by atoms with van der Waals surface area (Å²) in [5.74, 6) is -0.248. The van der Waals surface area contributed by atoms with Gasteiger partial charge in [0.2, 0.25) is 5.91 Å². The molecule has 0 aromatic heterocycles. The van der Waals surface area contributed by atoms with E-state index in [4.69, 9.17) is 0 Å². The van der Waals surface area contributed by atoms with Crippen molar-refractivity contribution in [3.05, 3.63) is 69.8 Å². The largest absolute Gasteiger partial charge is 0.325 e. The van der Waals surface area contributed by atoms with Gasteiger partial charge < -0.3 is 5.32 Å². The first-order chi connectivity index (χ1) is 13.5. The Hall–Kier alpha value is -2.73. The molecule has 0 saturated heterocycles. The van der Waals surface area contributed by atoms with Crippen LogP contribution in [0.3, 0.4) is 0 Å². The van der Waals surface area contributed by atoms with Gasteiger partial charge in [-0.25, -0.2) is 0 Å². The fourth-order valence-electron chi connectivity index (χ4n) is 3.91. The van der Waals surface area contributed by atoms with E-state index < -0.39 is 4.92 Å². The number of benzene rings is 2. The first kappa shape index (κ1) is 20.0. The summed E-state index contributed by atoms with van der Waals surface area (Å²) in [4.78, 5) is 25.6. The number of carbonyl (C=O) groups is 1. The highest BCUT2D eigenvalue weighted by Crippen LogP contribution is 2.25. The average Bonchev–Trinajstić information content (AvgIpc) is 2.70. The van der Waals surface area contributed by atoms with Crippen molar-refractivity contribution in [1.82, 2.24) is 4.90 Å². The minimum Gasteiger partial charge on any atom is -0.325 e. The summed E-state index contributed by atoms with van der Waals surface area (Å²) in [6, 6.07) is 14.7. The molecular weight excluding hydrogens is 354 g/mol. The standard InChI is InChI=1S/C22H27N3O3/c1-24(19-11-3-2-4-12-19)16-18-10-5-7-13-20(18)23-22(26)15-17-9-6-8-14-21(17)25(27)28/h5-10,13-14,19H,2-4,11-12,15-16H2,1H3,(H,23,26). The SMILES string of the molecule is CN(Cc1ccccc1NC(=O)Cc1ccccc1[N+](=O)[O-])C1CCCCC1. The van der Waals surface area contributed by atoms with Gasteiger partial charge in [0.15, 0.2) is 0 Å². The number of carbonyl (C=O) groups excluding carboxylic acids is 1. The normalized spacial score (nSPS) is 14.8. The number of nitrogens with one attached hydrogen (secondary N) is 1. The summed E-state index contributed by atoms with van der Waals surface area (Å²) < 4.78 is 0. The zero-order valence-corrected chi connectivity index (χ0v) is 16.3. The van der Waals surface area contributed by atoms with E-state index in [0.29, 0.717) is 11.6 Å². The van der Waals surface area contributed by atoms with E-state index in [2.05, 4.69) is 17.3 Å². The number of nitrogens with zero attached hydrogens (tertiary/aromatic N) is 2. The summed E-state index contributed by atoms with van der Waals surface area (Å²) in [6.07, 6.45) is 6.31. The van der Waals surface area contributed by atoms with Gasteiger partial charge in [-0.05, 0) is 31.5 Å². The molecule has 6 heteroatoms. The highest BCUT2D eigenvalue weighted by molar-refractivity contribution is 5.93. The van der Waals surface area contributed by atoms with Gasteiger partial charge in [0, 0.05) is 29.9 Å². The minimum absolute atomic E-state index is 0.0239. The zero-order chi connectivity index (χ0) is 19.9. The lowest BCUT2D eigenvalue weighted by molar-refractivity contribution is -0.385. The van der Waals surface area contributed by atoms with Gasteiger partial charge in [-0.15, -0.1) is 0 Å². The number of para-hydroxylation sites is 2. The molecule has 28 heavy (non-hydrogen) atoms. The van der Waals surface area contributed by atoms with Crippen LogP contribution < -0.4 is 5.32 Å². The lowest BCUT2D eigenvalue weighted by Gasteiger charge is -2.31. The van der Waals surface area contributed by atoms with Crippen LogP contribution in [0.15, 0.2) is 48.5 Å². The molecule has 1 N–H and O–H groups in total. The second kappa shape index (κ2) is 9.46. The van der Waals surface area contributed by atoms with Crippen LogP contribution in [-0.4, -0.2) is 28.8 Å². The lowest BCUT2D eigenvalue weighted by atomic mass is 9.94.